The molecule has 100 valence electrons. The molecule has 1 aromatic rings. The number of anilines is 1. The van der Waals surface area contributed by atoms with Crippen LogP contribution < -0.4 is 5.73 Å². The summed E-state index contributed by atoms with van der Waals surface area (Å²) in [6.07, 6.45) is 3.75. The highest BCUT2D eigenvalue weighted by molar-refractivity contribution is 5.40. The Morgan fingerprint density at radius 1 is 1.28 bits per heavy atom. The predicted molar refractivity (Wildman–Crippen MR) is 78.6 cm³/mol. The number of piperidine rings is 1. The molecule has 2 unspecified atom stereocenters. The summed E-state index contributed by atoms with van der Waals surface area (Å²) in [5.74, 6) is 1.75. The van der Waals surface area contributed by atoms with Crippen molar-refractivity contribution in [2.45, 2.75) is 33.1 Å². The third-order valence-corrected chi connectivity index (χ3v) is 4.31. The highest BCUT2D eigenvalue weighted by Crippen LogP contribution is 2.22. The molecule has 0 aromatic heterocycles. The van der Waals surface area contributed by atoms with Gasteiger partial charge >= 0.3 is 0 Å². The molecule has 2 nitrogen and oxygen atoms in total. The molecule has 1 heterocycles. The van der Waals surface area contributed by atoms with Crippen molar-refractivity contribution in [3.8, 4) is 0 Å². The number of likely N-dealkylation sites (tertiary alicyclic amines) is 1. The highest BCUT2D eigenvalue weighted by atomic mass is 15.1. The number of hydrogen-bond acceptors (Lipinski definition) is 2. The lowest BCUT2D eigenvalue weighted by molar-refractivity contribution is 0.137. The van der Waals surface area contributed by atoms with Crippen LogP contribution in [-0.2, 0) is 6.42 Å². The van der Waals surface area contributed by atoms with Gasteiger partial charge in [0.2, 0.25) is 0 Å². The summed E-state index contributed by atoms with van der Waals surface area (Å²) >= 11 is 0. The Hall–Kier alpha value is -1.02. The lowest BCUT2D eigenvalue weighted by atomic mass is 9.88. The van der Waals surface area contributed by atoms with Gasteiger partial charge in [-0.25, -0.2) is 0 Å². The molecule has 0 radical (unpaired) electrons. The standard InChI is InChI=1S/C16H26N2/c1-13-8-10-18(12-14(13)2)9-4-6-15-5-3-7-16(17)11-15/h3,5,7,11,13-14H,4,6,8-10,12,17H2,1-2H3. The van der Waals surface area contributed by atoms with Crippen LogP contribution in [0.1, 0.15) is 32.3 Å². The van der Waals surface area contributed by atoms with E-state index in [0.717, 1.165) is 23.9 Å². The first-order valence-electron chi connectivity index (χ1n) is 7.22. The summed E-state index contributed by atoms with van der Waals surface area (Å²) in [5.41, 5.74) is 8.05. The van der Waals surface area contributed by atoms with Gasteiger partial charge in [-0.3, -0.25) is 0 Å². The summed E-state index contributed by atoms with van der Waals surface area (Å²) in [4.78, 5) is 2.62. The van der Waals surface area contributed by atoms with Crippen molar-refractivity contribution < 1.29 is 0 Å². The van der Waals surface area contributed by atoms with E-state index in [0.29, 0.717) is 0 Å². The van der Waals surface area contributed by atoms with Crippen LogP contribution in [0.25, 0.3) is 0 Å². The van der Waals surface area contributed by atoms with Crippen LogP contribution in [0, 0.1) is 11.8 Å². The van der Waals surface area contributed by atoms with Gasteiger partial charge in [-0.05, 0) is 61.9 Å². The minimum Gasteiger partial charge on any atom is -0.399 e. The van der Waals surface area contributed by atoms with E-state index >= 15 is 0 Å². The third kappa shape index (κ3) is 3.74. The monoisotopic (exact) mass is 246 g/mol. The van der Waals surface area contributed by atoms with E-state index in [2.05, 4.69) is 36.9 Å². The zero-order chi connectivity index (χ0) is 13.0. The summed E-state index contributed by atoms with van der Waals surface area (Å²) < 4.78 is 0. The largest absolute Gasteiger partial charge is 0.399 e. The molecule has 2 heteroatoms. The molecule has 1 aliphatic rings. The first-order chi connectivity index (χ1) is 8.65. The van der Waals surface area contributed by atoms with Crippen molar-refractivity contribution in [2.75, 3.05) is 25.4 Å². The van der Waals surface area contributed by atoms with Crippen molar-refractivity contribution in [1.29, 1.82) is 0 Å². The van der Waals surface area contributed by atoms with Gasteiger partial charge in [-0.15, -0.1) is 0 Å². The minimum atomic E-state index is 0.853. The zero-order valence-corrected chi connectivity index (χ0v) is 11.7. The van der Waals surface area contributed by atoms with E-state index in [1.165, 1.54) is 38.0 Å². The van der Waals surface area contributed by atoms with Crippen LogP contribution in [0.5, 0.6) is 0 Å². The van der Waals surface area contributed by atoms with Gasteiger partial charge in [-0.2, -0.15) is 0 Å². The first kappa shape index (κ1) is 13.4. The zero-order valence-electron chi connectivity index (χ0n) is 11.7. The molecule has 0 bridgehead atoms. The first-order valence-corrected chi connectivity index (χ1v) is 7.22. The third-order valence-electron chi connectivity index (χ3n) is 4.31. The van der Waals surface area contributed by atoms with Crippen molar-refractivity contribution >= 4 is 5.69 Å². The summed E-state index contributed by atoms with van der Waals surface area (Å²) in [7, 11) is 0. The lowest BCUT2D eigenvalue weighted by Crippen LogP contribution is -2.38. The van der Waals surface area contributed by atoms with Gasteiger partial charge in [0.25, 0.3) is 0 Å². The molecule has 1 fully saturated rings. The van der Waals surface area contributed by atoms with Crippen LogP contribution in [0.2, 0.25) is 0 Å². The molecular weight excluding hydrogens is 220 g/mol. The molecule has 0 aliphatic carbocycles. The van der Waals surface area contributed by atoms with Gasteiger partial charge in [0, 0.05) is 12.2 Å². The number of aryl methyl sites for hydroxylation is 1. The van der Waals surface area contributed by atoms with Crippen LogP contribution in [0.4, 0.5) is 5.69 Å². The van der Waals surface area contributed by atoms with Crippen LogP contribution >= 0.6 is 0 Å². The number of nitrogens with two attached hydrogens (primary N) is 1. The van der Waals surface area contributed by atoms with E-state index in [1.807, 2.05) is 6.07 Å². The number of nitrogens with zero attached hydrogens (tertiary/aromatic N) is 1. The van der Waals surface area contributed by atoms with E-state index in [1.54, 1.807) is 0 Å². The fourth-order valence-electron chi connectivity index (χ4n) is 2.81. The van der Waals surface area contributed by atoms with Crippen molar-refractivity contribution in [3.63, 3.8) is 0 Å². The second-order valence-electron chi connectivity index (χ2n) is 5.89. The maximum Gasteiger partial charge on any atom is 0.0316 e. The smallest absolute Gasteiger partial charge is 0.0316 e. The SMILES string of the molecule is CC1CCN(CCCc2cccc(N)c2)CC1C. The molecule has 1 saturated heterocycles. The van der Waals surface area contributed by atoms with Crippen molar-refractivity contribution in [2.24, 2.45) is 11.8 Å². The van der Waals surface area contributed by atoms with E-state index in [9.17, 15) is 0 Å². The van der Waals surface area contributed by atoms with Crippen LogP contribution in [0.15, 0.2) is 24.3 Å². The Morgan fingerprint density at radius 2 is 2.11 bits per heavy atom. The predicted octanol–water partition coefficient (Wildman–Crippen LogP) is 3.18. The summed E-state index contributed by atoms with van der Waals surface area (Å²) in [6.45, 7) is 8.55. The second-order valence-corrected chi connectivity index (χ2v) is 5.89. The Bertz CT molecular complexity index is 375. The average Bonchev–Trinajstić information content (AvgIpc) is 2.34. The van der Waals surface area contributed by atoms with Crippen molar-refractivity contribution in [1.82, 2.24) is 4.90 Å². The fraction of sp³-hybridized carbons (Fsp3) is 0.625. The maximum atomic E-state index is 5.80. The number of hydrogen-bond donors (Lipinski definition) is 1. The minimum absolute atomic E-state index is 0.853. The normalized spacial score (nSPS) is 25.2. The lowest BCUT2D eigenvalue weighted by Gasteiger charge is -2.35. The summed E-state index contributed by atoms with van der Waals surface area (Å²) in [6, 6.07) is 8.28. The molecule has 18 heavy (non-hydrogen) atoms. The average molecular weight is 246 g/mol. The Morgan fingerprint density at radius 3 is 2.83 bits per heavy atom. The Kier molecular flexibility index (Phi) is 4.65. The van der Waals surface area contributed by atoms with Crippen LogP contribution in [0.3, 0.4) is 0 Å². The molecule has 1 aromatic carbocycles. The number of nitrogen functional groups attached to an aromatic ring is 1. The molecule has 0 saturated carbocycles. The van der Waals surface area contributed by atoms with Crippen molar-refractivity contribution in [3.05, 3.63) is 29.8 Å². The molecule has 0 amide bonds. The van der Waals surface area contributed by atoms with E-state index in [-0.39, 0.29) is 0 Å². The molecule has 1 aliphatic heterocycles. The molecule has 2 atom stereocenters. The van der Waals surface area contributed by atoms with Gasteiger partial charge < -0.3 is 10.6 Å². The quantitative estimate of drug-likeness (QED) is 0.827. The molecule has 2 rings (SSSR count). The maximum absolute atomic E-state index is 5.80. The van der Waals surface area contributed by atoms with E-state index in [4.69, 9.17) is 5.73 Å². The van der Waals surface area contributed by atoms with E-state index < -0.39 is 0 Å². The molecule has 0 spiro atoms. The van der Waals surface area contributed by atoms with Gasteiger partial charge in [0.05, 0.1) is 0 Å². The van der Waals surface area contributed by atoms with Gasteiger partial charge in [0.15, 0.2) is 0 Å². The summed E-state index contributed by atoms with van der Waals surface area (Å²) in [5, 5.41) is 0. The number of benzene rings is 1. The Labute approximate surface area is 111 Å². The number of rotatable bonds is 4. The highest BCUT2D eigenvalue weighted by Gasteiger charge is 2.21. The van der Waals surface area contributed by atoms with Gasteiger partial charge in [-0.1, -0.05) is 26.0 Å². The topological polar surface area (TPSA) is 29.3 Å². The second kappa shape index (κ2) is 6.24. The Balaban J connectivity index is 1.72. The fourth-order valence-corrected chi connectivity index (χ4v) is 2.81. The molecule has 2 N–H and O–H groups in total. The van der Waals surface area contributed by atoms with Crippen LogP contribution in [-0.4, -0.2) is 24.5 Å². The van der Waals surface area contributed by atoms with Gasteiger partial charge in [0.1, 0.15) is 0 Å². The molecular formula is C16H26N2.